The summed E-state index contributed by atoms with van der Waals surface area (Å²) in [6, 6.07) is 2.85. The molecule has 0 saturated heterocycles. The number of hydrogen-bond acceptors (Lipinski definition) is 4. The fourth-order valence-electron chi connectivity index (χ4n) is 1.07. The van der Waals surface area contributed by atoms with Crippen LogP contribution in [-0.2, 0) is 9.47 Å². The molecule has 0 aliphatic rings. The molecule has 16 heavy (non-hydrogen) atoms. The molecule has 0 aliphatic heterocycles. The molecular weight excluding hydrogens is 210 g/mol. The third-order valence-corrected chi connectivity index (χ3v) is 2.20. The van der Waals surface area contributed by atoms with E-state index in [9.17, 15) is 10.0 Å². The van der Waals surface area contributed by atoms with Gasteiger partial charge in [0.1, 0.15) is 0 Å². The number of ether oxygens (including phenoxy) is 2. The maximum Gasteiger partial charge on any atom is 0.338 e. The summed E-state index contributed by atoms with van der Waals surface area (Å²) in [4.78, 5) is 11.5. The van der Waals surface area contributed by atoms with Crippen LogP contribution in [0.1, 0.15) is 23.7 Å². The molecule has 1 aromatic heterocycles. The molecule has 0 aliphatic carbocycles. The summed E-state index contributed by atoms with van der Waals surface area (Å²) in [6.07, 6.45) is 3.23. The van der Waals surface area contributed by atoms with Crippen LogP contribution in [0.15, 0.2) is 24.5 Å². The van der Waals surface area contributed by atoms with Gasteiger partial charge in [-0.25, -0.2) is 4.79 Å². The fraction of sp³-hybridized carbons (Fsp3) is 0.455. The zero-order valence-electron chi connectivity index (χ0n) is 9.38. The minimum absolute atomic E-state index is 0.0624. The molecule has 0 bridgehead atoms. The molecule has 0 amide bonds. The molecule has 5 nitrogen and oxygen atoms in total. The van der Waals surface area contributed by atoms with Crippen molar-refractivity contribution in [2.45, 2.75) is 19.4 Å². The molecule has 0 spiro atoms. The standard InChI is InChI=1S/C11H15NO4/c1-9(15-2)5-8-16-11(13)10-3-6-12(14)7-4-10/h3-4,6-7,9H,5,8H2,1-2H3. The van der Waals surface area contributed by atoms with Gasteiger partial charge in [-0.15, -0.1) is 0 Å². The molecule has 1 atom stereocenters. The Kier molecular flexibility index (Phi) is 4.72. The maximum absolute atomic E-state index is 11.5. The summed E-state index contributed by atoms with van der Waals surface area (Å²) in [6.45, 7) is 2.21. The van der Waals surface area contributed by atoms with Crippen LogP contribution < -0.4 is 4.73 Å². The molecule has 1 aromatic rings. The molecule has 0 aromatic carbocycles. The lowest BCUT2D eigenvalue weighted by atomic mass is 10.3. The van der Waals surface area contributed by atoms with E-state index < -0.39 is 5.97 Å². The van der Waals surface area contributed by atoms with Gasteiger partial charge >= 0.3 is 5.97 Å². The summed E-state index contributed by atoms with van der Waals surface area (Å²) < 4.78 is 10.6. The first-order valence-electron chi connectivity index (χ1n) is 5.02. The summed E-state index contributed by atoms with van der Waals surface area (Å²) in [7, 11) is 1.61. The minimum Gasteiger partial charge on any atom is -0.619 e. The highest BCUT2D eigenvalue weighted by molar-refractivity contribution is 5.88. The highest BCUT2D eigenvalue weighted by Crippen LogP contribution is 2.01. The molecule has 0 saturated carbocycles. The predicted octanol–water partition coefficient (Wildman–Crippen LogP) is 0.902. The molecule has 0 N–H and O–H groups in total. The molecule has 5 heteroatoms. The van der Waals surface area contributed by atoms with E-state index in [1.807, 2.05) is 6.92 Å². The Bertz CT molecular complexity index is 336. The first kappa shape index (κ1) is 12.4. The van der Waals surface area contributed by atoms with Gasteiger partial charge in [-0.05, 0) is 6.92 Å². The van der Waals surface area contributed by atoms with Crippen molar-refractivity contribution in [1.82, 2.24) is 0 Å². The van der Waals surface area contributed by atoms with E-state index in [1.165, 1.54) is 24.5 Å². The Labute approximate surface area is 94.2 Å². The first-order valence-corrected chi connectivity index (χ1v) is 5.02. The van der Waals surface area contributed by atoms with E-state index in [1.54, 1.807) is 7.11 Å². The Morgan fingerprint density at radius 2 is 2.12 bits per heavy atom. The predicted molar refractivity (Wildman–Crippen MR) is 56.8 cm³/mol. The third kappa shape index (κ3) is 3.86. The Balaban J connectivity index is 2.38. The quantitative estimate of drug-likeness (QED) is 0.424. The highest BCUT2D eigenvalue weighted by Gasteiger charge is 2.08. The van der Waals surface area contributed by atoms with Crippen LogP contribution in [0.3, 0.4) is 0 Å². The van der Waals surface area contributed by atoms with Crippen molar-refractivity contribution in [3.05, 3.63) is 35.3 Å². The van der Waals surface area contributed by atoms with Crippen molar-refractivity contribution in [1.29, 1.82) is 0 Å². The highest BCUT2D eigenvalue weighted by atomic mass is 16.5. The van der Waals surface area contributed by atoms with E-state index in [-0.39, 0.29) is 6.10 Å². The fourth-order valence-corrected chi connectivity index (χ4v) is 1.07. The smallest absolute Gasteiger partial charge is 0.338 e. The first-order chi connectivity index (χ1) is 7.63. The van der Waals surface area contributed by atoms with Gasteiger partial charge in [-0.2, -0.15) is 4.73 Å². The molecule has 88 valence electrons. The molecule has 0 radical (unpaired) electrons. The van der Waals surface area contributed by atoms with Crippen molar-refractivity contribution < 1.29 is 19.0 Å². The lowest BCUT2D eigenvalue weighted by Gasteiger charge is -2.09. The minimum atomic E-state index is -0.427. The number of hydrogen-bond donors (Lipinski definition) is 0. The Morgan fingerprint density at radius 1 is 1.50 bits per heavy atom. The lowest BCUT2D eigenvalue weighted by Crippen LogP contribution is -2.24. The molecule has 1 unspecified atom stereocenters. The van der Waals surface area contributed by atoms with Crippen LogP contribution in [0.4, 0.5) is 0 Å². The number of rotatable bonds is 5. The number of esters is 1. The Morgan fingerprint density at radius 3 is 2.69 bits per heavy atom. The van der Waals surface area contributed by atoms with E-state index in [0.29, 0.717) is 23.3 Å². The number of pyridine rings is 1. The largest absolute Gasteiger partial charge is 0.619 e. The Hall–Kier alpha value is -1.62. The lowest BCUT2D eigenvalue weighted by molar-refractivity contribution is -0.605. The summed E-state index contributed by atoms with van der Waals surface area (Å²) in [5, 5.41) is 10.7. The number of carbonyl (C=O) groups excluding carboxylic acids is 1. The molecular formula is C11H15NO4. The number of nitrogens with zero attached hydrogens (tertiary/aromatic N) is 1. The topological polar surface area (TPSA) is 62.5 Å². The number of methoxy groups -OCH3 is 1. The second-order valence-electron chi connectivity index (χ2n) is 3.42. The van der Waals surface area contributed by atoms with Crippen LogP contribution >= 0.6 is 0 Å². The van der Waals surface area contributed by atoms with E-state index in [0.717, 1.165) is 0 Å². The molecule has 1 rings (SSSR count). The van der Waals surface area contributed by atoms with Crippen molar-refractivity contribution in [2.24, 2.45) is 0 Å². The second-order valence-corrected chi connectivity index (χ2v) is 3.42. The van der Waals surface area contributed by atoms with Crippen LogP contribution in [0.25, 0.3) is 0 Å². The normalized spacial score (nSPS) is 12.1. The van der Waals surface area contributed by atoms with Gasteiger partial charge in [0.15, 0.2) is 12.4 Å². The average molecular weight is 225 g/mol. The van der Waals surface area contributed by atoms with Gasteiger partial charge < -0.3 is 14.7 Å². The van der Waals surface area contributed by atoms with Crippen molar-refractivity contribution >= 4 is 5.97 Å². The van der Waals surface area contributed by atoms with Crippen molar-refractivity contribution in [2.75, 3.05) is 13.7 Å². The van der Waals surface area contributed by atoms with Gasteiger partial charge in [0.25, 0.3) is 0 Å². The van der Waals surface area contributed by atoms with Crippen LogP contribution in [-0.4, -0.2) is 25.8 Å². The van der Waals surface area contributed by atoms with Gasteiger partial charge in [0.2, 0.25) is 0 Å². The molecule has 1 heterocycles. The van der Waals surface area contributed by atoms with E-state index in [4.69, 9.17) is 9.47 Å². The zero-order chi connectivity index (χ0) is 12.0. The van der Waals surface area contributed by atoms with Gasteiger partial charge in [0.05, 0.1) is 18.3 Å². The van der Waals surface area contributed by atoms with Crippen molar-refractivity contribution in [3.8, 4) is 0 Å². The van der Waals surface area contributed by atoms with Gasteiger partial charge in [0, 0.05) is 25.7 Å². The van der Waals surface area contributed by atoms with E-state index in [2.05, 4.69) is 0 Å². The maximum atomic E-state index is 11.5. The number of carbonyl (C=O) groups is 1. The summed E-state index contributed by atoms with van der Waals surface area (Å²) in [5.41, 5.74) is 0.372. The number of aromatic nitrogens is 1. The van der Waals surface area contributed by atoms with Crippen LogP contribution in [0.2, 0.25) is 0 Å². The SMILES string of the molecule is COC(C)CCOC(=O)c1cc[n+]([O-])cc1. The summed E-state index contributed by atoms with van der Waals surface area (Å²) >= 11 is 0. The second kappa shape index (κ2) is 6.07. The monoisotopic (exact) mass is 225 g/mol. The average Bonchev–Trinajstić information content (AvgIpc) is 2.29. The molecule has 0 fully saturated rings. The zero-order valence-corrected chi connectivity index (χ0v) is 9.38. The van der Waals surface area contributed by atoms with E-state index >= 15 is 0 Å². The third-order valence-electron chi connectivity index (χ3n) is 2.20. The van der Waals surface area contributed by atoms with Crippen LogP contribution in [0.5, 0.6) is 0 Å². The van der Waals surface area contributed by atoms with Crippen molar-refractivity contribution in [3.63, 3.8) is 0 Å². The van der Waals surface area contributed by atoms with Gasteiger partial charge in [-0.3, -0.25) is 0 Å². The summed E-state index contributed by atoms with van der Waals surface area (Å²) in [5.74, 6) is -0.427. The van der Waals surface area contributed by atoms with Gasteiger partial charge in [-0.1, -0.05) is 0 Å². The van der Waals surface area contributed by atoms with Crippen LogP contribution in [0, 0.1) is 5.21 Å².